The van der Waals surface area contributed by atoms with E-state index in [1.807, 2.05) is 13.8 Å². The first-order valence-electron chi connectivity index (χ1n) is 11.2. The first kappa shape index (κ1) is 23.2. The van der Waals surface area contributed by atoms with E-state index < -0.39 is 12.0 Å². The van der Waals surface area contributed by atoms with Crippen LogP contribution in [0.15, 0.2) is 24.5 Å². The number of aromatic nitrogens is 2. The Morgan fingerprint density at radius 1 is 1.23 bits per heavy atom. The molecule has 2 aromatic heterocycles. The molecule has 1 atom stereocenters. The lowest BCUT2D eigenvalue weighted by Crippen LogP contribution is -2.37. The van der Waals surface area contributed by atoms with E-state index in [4.69, 9.17) is 9.72 Å². The number of hydrogen-bond acceptors (Lipinski definition) is 6. The maximum Gasteiger partial charge on any atom is 0.320 e. The number of rotatable bonds is 12. The molecule has 3 N–H and O–H groups in total. The lowest BCUT2D eigenvalue weighted by atomic mass is 10.1. The van der Waals surface area contributed by atoms with Crippen molar-refractivity contribution in [2.24, 2.45) is 0 Å². The molecule has 168 valence electrons. The van der Waals surface area contributed by atoms with Crippen molar-refractivity contribution in [3.63, 3.8) is 0 Å². The summed E-state index contributed by atoms with van der Waals surface area (Å²) in [5.74, 6) is 0.199. The van der Waals surface area contributed by atoms with Crippen molar-refractivity contribution < 1.29 is 14.6 Å². The van der Waals surface area contributed by atoms with Crippen molar-refractivity contribution in [2.45, 2.75) is 65.0 Å². The van der Waals surface area contributed by atoms with Crippen molar-refractivity contribution in [3.8, 4) is 0 Å². The molecule has 1 aliphatic rings. The smallest absolute Gasteiger partial charge is 0.320 e. The third-order valence-corrected chi connectivity index (χ3v) is 5.79. The second kappa shape index (κ2) is 11.8. The van der Waals surface area contributed by atoms with Gasteiger partial charge in [-0.15, -0.1) is 0 Å². The van der Waals surface area contributed by atoms with E-state index in [0.717, 1.165) is 60.4 Å². The number of unbranched alkanes of at least 4 members (excludes halogenated alkanes) is 1. The Bertz CT molecular complexity index is 852. The van der Waals surface area contributed by atoms with Crippen molar-refractivity contribution >= 4 is 11.8 Å². The van der Waals surface area contributed by atoms with Gasteiger partial charge in [-0.3, -0.25) is 9.78 Å². The number of fused-ring (bicyclic) bond motifs is 1. The minimum atomic E-state index is -0.847. The summed E-state index contributed by atoms with van der Waals surface area (Å²) < 4.78 is 5.70. The third kappa shape index (κ3) is 7.01. The Morgan fingerprint density at radius 2 is 2.03 bits per heavy atom. The molecule has 0 spiro atoms. The zero-order chi connectivity index (χ0) is 22.1. The second-order valence-electron chi connectivity index (χ2n) is 8.22. The fourth-order valence-corrected chi connectivity index (χ4v) is 3.87. The number of hydrogen-bond donors (Lipinski definition) is 3. The van der Waals surface area contributed by atoms with Gasteiger partial charge in [-0.05, 0) is 80.7 Å². The molecule has 0 saturated carbocycles. The molecule has 7 heteroatoms. The Hall–Kier alpha value is -2.51. The number of carboxylic acid groups (broad SMARTS) is 1. The number of ether oxygens (including phenoxy) is 1. The average molecular weight is 427 g/mol. The summed E-state index contributed by atoms with van der Waals surface area (Å²) >= 11 is 0. The fraction of sp³-hybridized carbons (Fsp3) is 0.542. The van der Waals surface area contributed by atoms with Crippen LogP contribution in [0.2, 0.25) is 0 Å². The molecular formula is C24H34N4O3. The summed E-state index contributed by atoms with van der Waals surface area (Å²) in [5.41, 5.74) is 5.67. The van der Waals surface area contributed by atoms with E-state index in [-0.39, 0.29) is 0 Å². The molecule has 0 aliphatic carbocycles. The van der Waals surface area contributed by atoms with Gasteiger partial charge in [0.25, 0.3) is 0 Å². The summed E-state index contributed by atoms with van der Waals surface area (Å²) in [7, 11) is 0. The zero-order valence-electron chi connectivity index (χ0n) is 18.6. The van der Waals surface area contributed by atoms with Gasteiger partial charge in [-0.25, -0.2) is 4.98 Å². The monoisotopic (exact) mass is 426 g/mol. The number of pyridine rings is 2. The first-order valence-corrected chi connectivity index (χ1v) is 11.2. The van der Waals surface area contributed by atoms with Gasteiger partial charge in [0.15, 0.2) is 0 Å². The molecule has 1 aliphatic heterocycles. The van der Waals surface area contributed by atoms with Crippen LogP contribution in [0.5, 0.6) is 0 Å². The average Bonchev–Trinajstić information content (AvgIpc) is 2.76. The molecule has 31 heavy (non-hydrogen) atoms. The molecule has 0 saturated heterocycles. The van der Waals surface area contributed by atoms with Crippen LogP contribution in [-0.4, -0.2) is 46.8 Å². The SMILES string of the molecule is Cc1cncc(C)c1CN[C@@H](CCOCCCCc1ccc2c(n1)NCCC2)C(=O)O. The fourth-order valence-electron chi connectivity index (χ4n) is 3.87. The van der Waals surface area contributed by atoms with Gasteiger partial charge in [0.1, 0.15) is 11.9 Å². The molecule has 7 nitrogen and oxygen atoms in total. The number of anilines is 1. The number of aryl methyl sites for hydroxylation is 4. The zero-order valence-corrected chi connectivity index (χ0v) is 18.6. The predicted octanol–water partition coefficient (Wildman–Crippen LogP) is 3.42. The van der Waals surface area contributed by atoms with E-state index in [9.17, 15) is 9.90 Å². The molecule has 0 bridgehead atoms. The summed E-state index contributed by atoms with van der Waals surface area (Å²) in [4.78, 5) is 20.5. The highest BCUT2D eigenvalue weighted by molar-refractivity contribution is 5.73. The molecule has 3 rings (SSSR count). The Labute approximate surface area is 184 Å². The quantitative estimate of drug-likeness (QED) is 0.448. The van der Waals surface area contributed by atoms with Crippen molar-refractivity contribution in [1.82, 2.24) is 15.3 Å². The minimum Gasteiger partial charge on any atom is -0.480 e. The summed E-state index contributed by atoms with van der Waals surface area (Å²) in [6.45, 7) is 6.57. The Kier molecular flexibility index (Phi) is 8.79. The number of nitrogens with zero attached hydrogens (tertiary/aromatic N) is 2. The highest BCUT2D eigenvalue weighted by Gasteiger charge is 2.17. The minimum absolute atomic E-state index is 0.430. The molecule has 0 amide bonds. The van der Waals surface area contributed by atoms with Crippen LogP contribution in [0.3, 0.4) is 0 Å². The molecular weight excluding hydrogens is 392 g/mol. The topological polar surface area (TPSA) is 96.4 Å². The van der Waals surface area contributed by atoms with Gasteiger partial charge in [-0.2, -0.15) is 0 Å². The van der Waals surface area contributed by atoms with Gasteiger partial charge in [0, 0.05) is 44.4 Å². The van der Waals surface area contributed by atoms with Gasteiger partial charge in [0.05, 0.1) is 0 Å². The van der Waals surface area contributed by atoms with E-state index in [1.54, 1.807) is 12.4 Å². The van der Waals surface area contributed by atoms with Crippen LogP contribution >= 0.6 is 0 Å². The summed E-state index contributed by atoms with van der Waals surface area (Å²) in [6.07, 6.45) is 9.21. The van der Waals surface area contributed by atoms with Crippen LogP contribution in [0, 0.1) is 13.8 Å². The number of aliphatic carboxylic acids is 1. The third-order valence-electron chi connectivity index (χ3n) is 5.79. The summed E-state index contributed by atoms with van der Waals surface area (Å²) in [5, 5.41) is 16.0. The number of carbonyl (C=O) groups is 1. The van der Waals surface area contributed by atoms with E-state index >= 15 is 0 Å². The number of nitrogens with one attached hydrogen (secondary N) is 2. The van der Waals surface area contributed by atoms with E-state index in [1.165, 1.54) is 12.0 Å². The predicted molar refractivity (Wildman–Crippen MR) is 121 cm³/mol. The second-order valence-corrected chi connectivity index (χ2v) is 8.22. The van der Waals surface area contributed by atoms with E-state index in [0.29, 0.717) is 26.2 Å². The van der Waals surface area contributed by atoms with Crippen molar-refractivity contribution in [3.05, 3.63) is 52.5 Å². The largest absolute Gasteiger partial charge is 0.480 e. The van der Waals surface area contributed by atoms with Crippen LogP contribution in [0.4, 0.5) is 5.82 Å². The highest BCUT2D eigenvalue weighted by Crippen LogP contribution is 2.20. The molecule has 0 aromatic carbocycles. The van der Waals surface area contributed by atoms with Crippen LogP contribution < -0.4 is 10.6 Å². The van der Waals surface area contributed by atoms with Gasteiger partial charge in [0.2, 0.25) is 0 Å². The molecule has 0 unspecified atom stereocenters. The molecule has 2 aromatic rings. The Morgan fingerprint density at radius 3 is 2.81 bits per heavy atom. The van der Waals surface area contributed by atoms with Crippen molar-refractivity contribution in [1.29, 1.82) is 0 Å². The van der Waals surface area contributed by atoms with E-state index in [2.05, 4.69) is 27.8 Å². The molecule has 0 fully saturated rings. The molecule has 3 heterocycles. The van der Waals surface area contributed by atoms with Crippen LogP contribution in [0.25, 0.3) is 0 Å². The Balaban J connectivity index is 1.32. The standard InChI is InChI=1S/C24H34N4O3/c1-17-14-25-15-18(2)21(17)16-27-22(24(29)30)10-13-31-12-4-3-7-20-9-8-19-6-5-11-26-23(19)28-20/h8-9,14-15,22,27H,3-7,10-13,16H2,1-2H3,(H,26,28)(H,29,30)/t22-/m0/s1. The maximum absolute atomic E-state index is 11.6. The molecule has 0 radical (unpaired) electrons. The van der Waals surface area contributed by atoms with Gasteiger partial charge in [-0.1, -0.05) is 6.07 Å². The normalized spacial score (nSPS) is 14.0. The van der Waals surface area contributed by atoms with Crippen LogP contribution in [-0.2, 0) is 28.9 Å². The highest BCUT2D eigenvalue weighted by atomic mass is 16.5. The van der Waals surface area contributed by atoms with Gasteiger partial charge < -0.3 is 20.5 Å². The van der Waals surface area contributed by atoms with Gasteiger partial charge >= 0.3 is 5.97 Å². The lowest BCUT2D eigenvalue weighted by molar-refractivity contribution is -0.140. The van der Waals surface area contributed by atoms with Crippen molar-refractivity contribution in [2.75, 3.05) is 25.1 Å². The first-order chi connectivity index (χ1) is 15.0. The lowest BCUT2D eigenvalue weighted by Gasteiger charge is -2.17. The number of carboxylic acids is 1. The van der Waals surface area contributed by atoms with Crippen LogP contribution in [0.1, 0.15) is 53.6 Å². The summed E-state index contributed by atoms with van der Waals surface area (Å²) in [6, 6.07) is 3.69. The maximum atomic E-state index is 11.6.